The molecule has 2 aliphatic rings. The Morgan fingerprint density at radius 1 is 1.05 bits per heavy atom. The molecule has 2 saturated carbocycles. The van der Waals surface area contributed by atoms with E-state index in [1.807, 2.05) is 0 Å². The van der Waals surface area contributed by atoms with E-state index in [1.165, 1.54) is 24.4 Å². The maximum Gasteiger partial charge on any atom is 0.335 e. The van der Waals surface area contributed by atoms with Gasteiger partial charge in [0.2, 0.25) is 5.69 Å². The molecule has 1 heterocycles. The van der Waals surface area contributed by atoms with Crippen LogP contribution in [0.15, 0.2) is 54.7 Å². The molecule has 0 unspecified atom stereocenters. The summed E-state index contributed by atoms with van der Waals surface area (Å²) in [5, 5.41) is 22.3. The number of carboxylic acid groups (broad SMARTS) is 1. The van der Waals surface area contributed by atoms with Crippen molar-refractivity contribution in [2.24, 2.45) is 11.8 Å². The van der Waals surface area contributed by atoms with Gasteiger partial charge in [-0.2, -0.15) is 4.73 Å². The van der Waals surface area contributed by atoms with E-state index >= 15 is 4.39 Å². The number of aromatic carboxylic acids is 1. The lowest BCUT2D eigenvalue weighted by atomic mass is 9.89. The molecule has 192 valence electrons. The van der Waals surface area contributed by atoms with Crippen molar-refractivity contribution in [1.82, 2.24) is 0 Å². The van der Waals surface area contributed by atoms with Crippen LogP contribution in [-0.4, -0.2) is 23.5 Å². The fraction of sp³-hybridized carbons (Fsp3) is 0.345. The molecule has 0 amide bonds. The van der Waals surface area contributed by atoms with Gasteiger partial charge in [-0.3, -0.25) is 4.79 Å². The van der Waals surface area contributed by atoms with Crippen LogP contribution in [0.3, 0.4) is 0 Å². The zero-order chi connectivity index (χ0) is 26.1. The van der Waals surface area contributed by atoms with Crippen LogP contribution in [0.2, 0.25) is 5.02 Å². The highest BCUT2D eigenvalue weighted by atomic mass is 35.5. The summed E-state index contributed by atoms with van der Waals surface area (Å²) in [6.07, 6.45) is 6.13. The fourth-order valence-electron chi connectivity index (χ4n) is 4.52. The smallest absolute Gasteiger partial charge is 0.335 e. The van der Waals surface area contributed by atoms with Gasteiger partial charge in [-0.1, -0.05) is 36.6 Å². The Kier molecular flexibility index (Phi) is 7.15. The molecule has 0 bridgehead atoms. The number of ether oxygens (including phenoxy) is 1. The van der Waals surface area contributed by atoms with Gasteiger partial charge in [0.25, 0.3) is 0 Å². The van der Waals surface area contributed by atoms with Crippen LogP contribution < -0.4 is 9.47 Å². The van der Waals surface area contributed by atoms with Crippen molar-refractivity contribution in [3.8, 4) is 16.9 Å². The Hall–Kier alpha value is -3.45. The van der Waals surface area contributed by atoms with Gasteiger partial charge in [0, 0.05) is 12.5 Å². The van der Waals surface area contributed by atoms with Crippen LogP contribution in [0.25, 0.3) is 11.1 Å². The Labute approximate surface area is 219 Å². The average Bonchev–Trinajstić information content (AvgIpc) is 3.80. The molecule has 5 rings (SSSR count). The Morgan fingerprint density at radius 3 is 2.38 bits per heavy atom. The molecule has 0 aliphatic heterocycles. The summed E-state index contributed by atoms with van der Waals surface area (Å²) >= 11 is 6.05. The van der Waals surface area contributed by atoms with Crippen LogP contribution in [-0.2, 0) is 11.2 Å². The van der Waals surface area contributed by atoms with Gasteiger partial charge < -0.3 is 15.1 Å². The molecule has 1 N–H and O–H groups in total. The number of carbonyl (C=O) groups excluding carboxylic acids is 1. The third-order valence-electron chi connectivity index (χ3n) is 7.05. The molecule has 37 heavy (non-hydrogen) atoms. The molecule has 2 aromatic carbocycles. The molecular weight excluding hydrogens is 497 g/mol. The summed E-state index contributed by atoms with van der Waals surface area (Å²) in [5.41, 5.74) is 1.60. The van der Waals surface area contributed by atoms with E-state index in [0.717, 1.165) is 25.7 Å². The maximum absolute atomic E-state index is 15.1. The highest BCUT2D eigenvalue weighted by Crippen LogP contribution is 2.40. The van der Waals surface area contributed by atoms with E-state index in [9.17, 15) is 14.8 Å². The monoisotopic (exact) mass is 523 g/mol. The summed E-state index contributed by atoms with van der Waals surface area (Å²) in [6, 6.07) is 12.4. The van der Waals surface area contributed by atoms with Crippen LogP contribution >= 0.6 is 11.6 Å². The number of carboxylic acids is 1. The van der Waals surface area contributed by atoms with Gasteiger partial charge in [-0.25, -0.2) is 9.18 Å². The molecule has 2 fully saturated rings. The Bertz CT molecular complexity index is 1330. The number of hydrogen-bond donors (Lipinski definition) is 1. The number of nitrogens with zero attached hydrogens (tertiary/aromatic N) is 1. The molecule has 3 aromatic rings. The highest BCUT2D eigenvalue weighted by molar-refractivity contribution is 6.31. The zero-order valence-electron chi connectivity index (χ0n) is 20.2. The lowest BCUT2D eigenvalue weighted by Crippen LogP contribution is -2.36. The van der Waals surface area contributed by atoms with Crippen molar-refractivity contribution in [2.45, 2.75) is 44.4 Å². The number of benzene rings is 2. The molecule has 2 aliphatic carbocycles. The maximum atomic E-state index is 15.1. The molecule has 0 saturated heterocycles. The van der Waals surface area contributed by atoms with Crippen molar-refractivity contribution in [1.29, 1.82) is 0 Å². The lowest BCUT2D eigenvalue weighted by molar-refractivity contribution is -0.614. The van der Waals surface area contributed by atoms with E-state index in [2.05, 4.69) is 0 Å². The minimum absolute atomic E-state index is 0.0639. The second kappa shape index (κ2) is 10.5. The van der Waals surface area contributed by atoms with E-state index < -0.39 is 17.7 Å². The van der Waals surface area contributed by atoms with Gasteiger partial charge in [0.15, 0.2) is 17.8 Å². The first-order chi connectivity index (χ1) is 17.8. The lowest BCUT2D eigenvalue weighted by Gasteiger charge is -2.17. The number of aromatic nitrogens is 1. The van der Waals surface area contributed by atoms with Gasteiger partial charge in [0.05, 0.1) is 28.3 Å². The van der Waals surface area contributed by atoms with E-state index in [-0.39, 0.29) is 28.4 Å². The van der Waals surface area contributed by atoms with E-state index in [1.54, 1.807) is 30.3 Å². The second-order valence-electron chi connectivity index (χ2n) is 10.0. The summed E-state index contributed by atoms with van der Waals surface area (Å²) in [7, 11) is 0. The van der Waals surface area contributed by atoms with Crippen molar-refractivity contribution < 1.29 is 28.6 Å². The van der Waals surface area contributed by atoms with Crippen LogP contribution in [0.5, 0.6) is 5.75 Å². The van der Waals surface area contributed by atoms with Crippen molar-refractivity contribution in [3.05, 3.63) is 87.6 Å². The third kappa shape index (κ3) is 5.93. The number of Topliss-reactive ketones (excluding diaryl/α,β-unsaturated/α-hetero) is 1. The summed E-state index contributed by atoms with van der Waals surface area (Å²) < 4.78 is 21.6. The number of halogens is 2. The minimum atomic E-state index is -1.03. The number of ketones is 1. The number of rotatable bonds is 11. The SMILES string of the molecule is O=C(O)c1ccc(CC(=O)[C@H](CC2CC2)c2ccc(-c3c(OCC4CC4)ccc(Cl)c3F)c[n+]2[O-])cc1. The summed E-state index contributed by atoms with van der Waals surface area (Å²) in [4.78, 5) is 24.5. The van der Waals surface area contributed by atoms with Gasteiger partial charge in [-0.05, 0) is 67.0 Å². The molecule has 1 aromatic heterocycles. The Morgan fingerprint density at radius 2 is 1.76 bits per heavy atom. The largest absolute Gasteiger partial charge is 0.618 e. The number of hydrogen-bond acceptors (Lipinski definition) is 4. The molecule has 0 spiro atoms. The molecule has 8 heteroatoms. The van der Waals surface area contributed by atoms with Crippen molar-refractivity contribution >= 4 is 23.4 Å². The minimum Gasteiger partial charge on any atom is -0.618 e. The third-order valence-corrected chi connectivity index (χ3v) is 7.34. The summed E-state index contributed by atoms with van der Waals surface area (Å²) in [6.45, 7) is 0.481. The number of carbonyl (C=O) groups is 2. The van der Waals surface area contributed by atoms with Gasteiger partial charge in [0.1, 0.15) is 11.7 Å². The average molecular weight is 524 g/mol. The molecular formula is C29H27ClFNO5. The topological polar surface area (TPSA) is 90.5 Å². The highest BCUT2D eigenvalue weighted by Gasteiger charge is 2.35. The van der Waals surface area contributed by atoms with Crippen LogP contribution in [0, 0.1) is 22.9 Å². The van der Waals surface area contributed by atoms with Crippen molar-refractivity contribution in [2.75, 3.05) is 6.61 Å². The van der Waals surface area contributed by atoms with E-state index in [4.69, 9.17) is 21.4 Å². The molecule has 1 atom stereocenters. The zero-order valence-corrected chi connectivity index (χ0v) is 20.9. The predicted molar refractivity (Wildman–Crippen MR) is 136 cm³/mol. The van der Waals surface area contributed by atoms with E-state index in [0.29, 0.717) is 52.2 Å². The van der Waals surface area contributed by atoms with Gasteiger partial charge >= 0.3 is 5.97 Å². The fourth-order valence-corrected chi connectivity index (χ4v) is 4.68. The first-order valence-corrected chi connectivity index (χ1v) is 12.9. The molecule has 0 radical (unpaired) electrons. The Balaban J connectivity index is 1.42. The van der Waals surface area contributed by atoms with Crippen LogP contribution in [0.1, 0.15) is 59.6 Å². The first kappa shape index (κ1) is 25.2. The van der Waals surface area contributed by atoms with Crippen molar-refractivity contribution in [3.63, 3.8) is 0 Å². The first-order valence-electron chi connectivity index (χ1n) is 12.5. The predicted octanol–water partition coefficient (Wildman–Crippen LogP) is 5.96. The normalized spacial score (nSPS) is 15.8. The van der Waals surface area contributed by atoms with Gasteiger partial charge in [-0.15, -0.1) is 0 Å². The summed E-state index contributed by atoms with van der Waals surface area (Å²) in [5.74, 6) is -1.24. The quantitative estimate of drug-likeness (QED) is 0.247. The molecule has 6 nitrogen and oxygen atoms in total. The standard InChI is InChI=1S/C29H27ClFNO5/c30-23-10-12-26(37-16-19-3-4-19)27(28(23)31)21-9-11-24(32(36)15-21)22(13-17-1-2-17)25(33)14-18-5-7-20(8-6-18)29(34)35/h5-12,15,17,19,22H,1-4,13-14,16H2,(H,34,35)/t22-/m1/s1. The second-order valence-corrected chi connectivity index (χ2v) is 10.4. The van der Waals surface area contributed by atoms with Crippen LogP contribution in [0.4, 0.5) is 4.39 Å². The number of pyridine rings is 1.